The van der Waals surface area contributed by atoms with Crippen molar-refractivity contribution in [2.24, 2.45) is 4.99 Å². The summed E-state index contributed by atoms with van der Waals surface area (Å²) in [7, 11) is 0. The molecule has 28 heavy (non-hydrogen) atoms. The number of hydrogen-bond donors (Lipinski definition) is 0. The van der Waals surface area contributed by atoms with Gasteiger partial charge in [-0.15, -0.1) is 6.58 Å². The van der Waals surface area contributed by atoms with Gasteiger partial charge in [0.15, 0.2) is 5.17 Å². The maximum Gasteiger partial charge on any atom is 0.269 e. The van der Waals surface area contributed by atoms with E-state index in [-0.39, 0.29) is 5.91 Å². The number of benzene rings is 2. The molecular weight excluding hydrogens is 410 g/mol. The van der Waals surface area contributed by atoms with Gasteiger partial charge in [-0.25, -0.2) is 4.99 Å². The molecule has 2 heterocycles. The predicted molar refractivity (Wildman–Crippen MR) is 120 cm³/mol. The summed E-state index contributed by atoms with van der Waals surface area (Å²) < 4.78 is 0. The number of rotatable bonds is 4. The van der Waals surface area contributed by atoms with Crippen molar-refractivity contribution < 1.29 is 4.79 Å². The van der Waals surface area contributed by atoms with Crippen LogP contribution in [0.1, 0.15) is 6.92 Å². The van der Waals surface area contributed by atoms with E-state index in [1.54, 1.807) is 28.8 Å². The molecule has 0 aromatic heterocycles. The molecule has 0 aliphatic carbocycles. The van der Waals surface area contributed by atoms with Crippen molar-refractivity contribution >= 4 is 57.6 Å². The Labute approximate surface area is 178 Å². The second-order valence-corrected chi connectivity index (χ2v) is 8.52. The summed E-state index contributed by atoms with van der Waals surface area (Å²) in [5.74, 6) is -0.0514. The smallest absolute Gasteiger partial charge is 0.269 e. The van der Waals surface area contributed by atoms with Gasteiger partial charge in [-0.2, -0.15) is 0 Å². The van der Waals surface area contributed by atoms with Gasteiger partial charge in [-0.05, 0) is 43.0 Å². The number of amidine groups is 1. The third-order valence-electron chi connectivity index (χ3n) is 4.36. The molecule has 2 aromatic rings. The van der Waals surface area contributed by atoms with Crippen LogP contribution in [0.15, 0.2) is 81.0 Å². The summed E-state index contributed by atoms with van der Waals surface area (Å²) >= 11 is 9.30. The molecule has 4 nitrogen and oxygen atoms in total. The summed E-state index contributed by atoms with van der Waals surface area (Å²) in [5, 5.41) is 2.13. The molecule has 0 spiro atoms. The lowest BCUT2D eigenvalue weighted by Crippen LogP contribution is -2.30. The Balaban J connectivity index is 1.78. The molecule has 2 aliphatic rings. The fourth-order valence-electron chi connectivity index (χ4n) is 3.07. The van der Waals surface area contributed by atoms with E-state index in [2.05, 4.69) is 35.5 Å². The van der Waals surface area contributed by atoms with Gasteiger partial charge in [0, 0.05) is 18.0 Å². The first-order valence-corrected chi connectivity index (χ1v) is 10.9. The minimum absolute atomic E-state index is 0.0514. The Morgan fingerprint density at radius 1 is 1.11 bits per heavy atom. The molecule has 0 N–H and O–H groups in total. The maximum atomic E-state index is 13.2. The van der Waals surface area contributed by atoms with E-state index in [4.69, 9.17) is 11.6 Å². The first kappa shape index (κ1) is 19.2. The number of carbonyl (C=O) groups is 1. The van der Waals surface area contributed by atoms with Gasteiger partial charge in [0.25, 0.3) is 5.91 Å². The molecule has 1 saturated heterocycles. The number of thioether (sulfide) groups is 2. The van der Waals surface area contributed by atoms with E-state index in [0.29, 0.717) is 27.3 Å². The summed E-state index contributed by atoms with van der Waals surface area (Å²) in [6, 6.07) is 15.6. The van der Waals surface area contributed by atoms with E-state index in [0.717, 1.165) is 22.2 Å². The summed E-state index contributed by atoms with van der Waals surface area (Å²) in [6.07, 6.45) is 1.71. The molecular formula is C21H18ClN3OS2. The third kappa shape index (κ3) is 3.36. The molecule has 0 atom stereocenters. The zero-order valence-electron chi connectivity index (χ0n) is 15.3. The highest BCUT2D eigenvalue weighted by Gasteiger charge is 2.39. The summed E-state index contributed by atoms with van der Waals surface area (Å²) in [6.45, 7) is 7.06. The van der Waals surface area contributed by atoms with Crippen LogP contribution in [0.5, 0.6) is 0 Å². The number of anilines is 1. The fourth-order valence-corrected chi connectivity index (χ4v) is 5.64. The van der Waals surface area contributed by atoms with Crippen LogP contribution in [0.4, 0.5) is 11.4 Å². The molecule has 142 valence electrons. The zero-order valence-corrected chi connectivity index (χ0v) is 17.7. The number of para-hydroxylation sites is 2. The lowest BCUT2D eigenvalue weighted by molar-refractivity contribution is -0.121. The van der Waals surface area contributed by atoms with Crippen LogP contribution in [-0.2, 0) is 4.79 Å². The van der Waals surface area contributed by atoms with Crippen LogP contribution in [0.2, 0.25) is 5.02 Å². The highest BCUT2D eigenvalue weighted by molar-refractivity contribution is 8.19. The Bertz CT molecular complexity index is 1020. The monoisotopic (exact) mass is 427 g/mol. The number of hydrogen-bond acceptors (Lipinski definition) is 5. The van der Waals surface area contributed by atoms with Crippen LogP contribution < -0.4 is 4.90 Å². The molecule has 1 amide bonds. The van der Waals surface area contributed by atoms with Crippen LogP contribution in [0.25, 0.3) is 0 Å². The van der Waals surface area contributed by atoms with E-state index in [1.807, 2.05) is 30.3 Å². The van der Waals surface area contributed by atoms with Crippen molar-refractivity contribution in [3.63, 3.8) is 0 Å². The van der Waals surface area contributed by atoms with Crippen molar-refractivity contribution in [1.82, 2.24) is 4.90 Å². The summed E-state index contributed by atoms with van der Waals surface area (Å²) in [5.41, 5.74) is 1.78. The highest BCUT2D eigenvalue weighted by Crippen LogP contribution is 2.50. The molecule has 2 aliphatic heterocycles. The van der Waals surface area contributed by atoms with Gasteiger partial charge >= 0.3 is 0 Å². The number of amides is 1. The number of halogens is 1. The number of aliphatic imine (C=N–C) groups is 1. The standard InChI is InChI=1S/C21H18ClN3OS2/c1-3-13-25-19(26)18(28-21(25)23-15-10-6-5-9-14(15)22)20-24(4-2)16-11-7-8-12-17(16)27-20/h3,5-12H,1,4,13H2,2H3. The quantitative estimate of drug-likeness (QED) is 0.450. The Kier molecular flexibility index (Phi) is 5.53. The Hall–Kier alpha value is -2.15. The second kappa shape index (κ2) is 8.07. The summed E-state index contributed by atoms with van der Waals surface area (Å²) in [4.78, 5) is 23.6. The van der Waals surface area contributed by atoms with Crippen molar-refractivity contribution in [1.29, 1.82) is 0 Å². The highest BCUT2D eigenvalue weighted by atomic mass is 35.5. The van der Waals surface area contributed by atoms with E-state index < -0.39 is 0 Å². The van der Waals surface area contributed by atoms with E-state index >= 15 is 0 Å². The van der Waals surface area contributed by atoms with Crippen molar-refractivity contribution in [2.45, 2.75) is 11.8 Å². The van der Waals surface area contributed by atoms with E-state index in [1.165, 1.54) is 11.8 Å². The second-order valence-electron chi connectivity index (χ2n) is 6.10. The lowest BCUT2D eigenvalue weighted by Gasteiger charge is -2.19. The molecule has 0 bridgehead atoms. The molecule has 2 aromatic carbocycles. The first-order chi connectivity index (χ1) is 13.6. The van der Waals surface area contributed by atoms with Crippen molar-refractivity contribution in [3.8, 4) is 0 Å². The molecule has 4 rings (SSSR count). The molecule has 0 saturated carbocycles. The zero-order chi connectivity index (χ0) is 19.7. The van der Waals surface area contributed by atoms with Gasteiger partial charge < -0.3 is 4.90 Å². The third-order valence-corrected chi connectivity index (χ3v) is 7.06. The van der Waals surface area contributed by atoms with Gasteiger partial charge in [0.2, 0.25) is 0 Å². The van der Waals surface area contributed by atoms with Crippen molar-refractivity contribution in [3.05, 3.63) is 76.1 Å². The minimum atomic E-state index is -0.0514. The average molecular weight is 428 g/mol. The van der Waals surface area contributed by atoms with E-state index in [9.17, 15) is 4.79 Å². The van der Waals surface area contributed by atoms with Gasteiger partial charge in [0.1, 0.15) is 9.93 Å². The van der Waals surface area contributed by atoms with Crippen LogP contribution in [0.3, 0.4) is 0 Å². The van der Waals surface area contributed by atoms with Crippen LogP contribution in [0, 0.1) is 0 Å². The average Bonchev–Trinajstić information content (AvgIpc) is 3.22. The predicted octanol–water partition coefficient (Wildman–Crippen LogP) is 5.89. The maximum absolute atomic E-state index is 13.2. The molecule has 1 fully saturated rings. The van der Waals surface area contributed by atoms with Crippen LogP contribution in [-0.4, -0.2) is 29.1 Å². The largest absolute Gasteiger partial charge is 0.334 e. The SMILES string of the molecule is C=CCN1C(=O)C(=C2Sc3ccccc3N2CC)SC1=Nc1ccccc1Cl. The van der Waals surface area contributed by atoms with Gasteiger partial charge in [-0.1, -0.05) is 53.7 Å². The first-order valence-electron chi connectivity index (χ1n) is 8.86. The van der Waals surface area contributed by atoms with Crippen molar-refractivity contribution in [2.75, 3.05) is 18.0 Å². The number of fused-ring (bicyclic) bond motifs is 1. The molecule has 0 unspecified atom stereocenters. The molecule has 7 heteroatoms. The van der Waals surface area contributed by atoms with Gasteiger partial charge in [0.05, 0.1) is 16.4 Å². The number of carbonyl (C=O) groups excluding carboxylic acids is 1. The minimum Gasteiger partial charge on any atom is -0.334 e. The molecule has 0 radical (unpaired) electrons. The lowest BCUT2D eigenvalue weighted by atomic mass is 10.3. The fraction of sp³-hybridized carbons (Fsp3) is 0.143. The Morgan fingerprint density at radius 2 is 1.86 bits per heavy atom. The van der Waals surface area contributed by atoms with Gasteiger partial charge in [-0.3, -0.25) is 9.69 Å². The number of nitrogens with zero attached hydrogens (tertiary/aromatic N) is 3. The topological polar surface area (TPSA) is 35.9 Å². The van der Waals surface area contributed by atoms with Crippen LogP contribution >= 0.6 is 35.1 Å². The Morgan fingerprint density at radius 3 is 2.61 bits per heavy atom. The normalized spacial score (nSPS) is 20.2.